The van der Waals surface area contributed by atoms with Gasteiger partial charge in [0, 0.05) is 0 Å². The van der Waals surface area contributed by atoms with E-state index in [1.165, 1.54) is 12.5 Å². The van der Waals surface area contributed by atoms with Gasteiger partial charge in [-0.1, -0.05) is 0 Å². The van der Waals surface area contributed by atoms with Gasteiger partial charge in [0.15, 0.2) is 0 Å². The van der Waals surface area contributed by atoms with Crippen molar-refractivity contribution in [1.29, 1.82) is 0 Å². The third-order valence-corrected chi connectivity index (χ3v) is 0.759. The van der Waals surface area contributed by atoms with Crippen LogP contribution in [0.15, 0.2) is 24.9 Å². The Hall–Kier alpha value is -0.920. The largest absolute Gasteiger partial charge is 0.491 e. The lowest BCUT2D eigenvalue weighted by Crippen LogP contribution is -1.96. The number of hydrogen-bond donors (Lipinski definition) is 0. The zero-order valence-corrected chi connectivity index (χ0v) is 4.41. The Kier molecular flexibility index (Phi) is 1.57. The van der Waals surface area contributed by atoms with Crippen molar-refractivity contribution in [2.24, 2.45) is 0 Å². The second-order valence-electron chi connectivity index (χ2n) is 1.41. The highest BCUT2D eigenvalue weighted by atomic mass is 16.5. The molecule has 0 saturated heterocycles. The maximum absolute atomic E-state index is 4.90. The molecule has 0 N–H and O–H groups in total. The first-order valence-electron chi connectivity index (χ1n) is 2.35. The first-order valence-corrected chi connectivity index (χ1v) is 2.35. The molecule has 1 radical (unpaired) electrons. The van der Waals surface area contributed by atoms with Gasteiger partial charge in [-0.3, -0.25) is 0 Å². The molecule has 2 nitrogen and oxygen atoms in total. The fraction of sp³-hybridized carbons (Fsp3) is 0.167. The zero-order valence-electron chi connectivity index (χ0n) is 4.41. The van der Waals surface area contributed by atoms with Gasteiger partial charge < -0.3 is 9.47 Å². The van der Waals surface area contributed by atoms with Crippen LogP contribution in [0.2, 0.25) is 0 Å². The van der Waals surface area contributed by atoms with E-state index in [1.54, 1.807) is 12.3 Å². The summed E-state index contributed by atoms with van der Waals surface area (Å²) in [5.41, 5.74) is 0. The van der Waals surface area contributed by atoms with Crippen LogP contribution in [-0.2, 0) is 9.47 Å². The van der Waals surface area contributed by atoms with E-state index in [4.69, 9.17) is 9.47 Å². The lowest BCUT2D eigenvalue weighted by molar-refractivity contribution is 0.224. The molecule has 0 aromatic carbocycles. The molecule has 1 aliphatic heterocycles. The normalized spacial score (nSPS) is 25.9. The Labute approximate surface area is 48.4 Å². The molecular weight excluding hydrogens is 104 g/mol. The molecule has 1 rings (SSSR count). The highest BCUT2D eigenvalue weighted by Gasteiger charge is 1.93. The second-order valence-corrected chi connectivity index (χ2v) is 1.41. The molecule has 1 atom stereocenters. The molecule has 0 aliphatic carbocycles. The van der Waals surface area contributed by atoms with Crippen LogP contribution >= 0.6 is 0 Å². The van der Waals surface area contributed by atoms with E-state index in [9.17, 15) is 0 Å². The molecule has 0 aromatic heterocycles. The molecule has 1 aliphatic rings. The van der Waals surface area contributed by atoms with Crippen molar-refractivity contribution in [3.8, 4) is 0 Å². The molecule has 0 fully saturated rings. The summed E-state index contributed by atoms with van der Waals surface area (Å²) in [7, 11) is 0. The van der Waals surface area contributed by atoms with Crippen LogP contribution in [0, 0.1) is 6.92 Å². The third-order valence-electron chi connectivity index (χ3n) is 0.759. The van der Waals surface area contributed by atoms with Crippen LogP contribution in [0.3, 0.4) is 0 Å². The number of ether oxygens (including phenoxy) is 2. The fourth-order valence-electron chi connectivity index (χ4n) is 0.389. The van der Waals surface area contributed by atoms with E-state index < -0.39 is 0 Å². The molecule has 0 spiro atoms. The third kappa shape index (κ3) is 1.30. The molecule has 0 bridgehead atoms. The smallest absolute Gasteiger partial charge is 0.125 e. The molecule has 2 heteroatoms. The van der Waals surface area contributed by atoms with Crippen molar-refractivity contribution in [2.75, 3.05) is 0 Å². The van der Waals surface area contributed by atoms with Crippen LogP contribution in [0.1, 0.15) is 0 Å². The van der Waals surface area contributed by atoms with Crippen LogP contribution in [0.4, 0.5) is 0 Å². The SMILES string of the molecule is [CH2]C1C=COC=CO1. The summed E-state index contributed by atoms with van der Waals surface area (Å²) >= 11 is 0. The Morgan fingerprint density at radius 3 is 3.00 bits per heavy atom. The average molecular weight is 111 g/mol. The average Bonchev–Trinajstić information content (AvgIpc) is 1.94. The van der Waals surface area contributed by atoms with E-state index in [0.29, 0.717) is 0 Å². The summed E-state index contributed by atoms with van der Waals surface area (Å²) in [5, 5.41) is 0. The molecule has 43 valence electrons. The summed E-state index contributed by atoms with van der Waals surface area (Å²) in [5.74, 6) is 0. The minimum absolute atomic E-state index is 0.117. The standard InChI is InChI=1S/C6H7O2/c1-6-2-3-7-4-5-8-6/h2-6H,1H2. The number of hydrogen-bond acceptors (Lipinski definition) is 2. The molecule has 1 heterocycles. The molecule has 0 aromatic rings. The van der Waals surface area contributed by atoms with E-state index in [-0.39, 0.29) is 6.10 Å². The van der Waals surface area contributed by atoms with Crippen molar-refractivity contribution in [3.63, 3.8) is 0 Å². The summed E-state index contributed by atoms with van der Waals surface area (Å²) in [4.78, 5) is 0. The summed E-state index contributed by atoms with van der Waals surface area (Å²) in [6, 6.07) is 0. The Balaban J connectivity index is 2.48. The van der Waals surface area contributed by atoms with Gasteiger partial charge in [0.05, 0.1) is 6.26 Å². The molecular formula is C6H7O2. The van der Waals surface area contributed by atoms with E-state index in [1.807, 2.05) is 0 Å². The fourth-order valence-corrected chi connectivity index (χ4v) is 0.389. The van der Waals surface area contributed by atoms with Crippen molar-refractivity contribution in [3.05, 3.63) is 31.8 Å². The summed E-state index contributed by atoms with van der Waals surface area (Å²) in [6.07, 6.45) is 6.08. The van der Waals surface area contributed by atoms with Gasteiger partial charge >= 0.3 is 0 Å². The molecule has 8 heavy (non-hydrogen) atoms. The van der Waals surface area contributed by atoms with Gasteiger partial charge in [0.2, 0.25) is 0 Å². The second kappa shape index (κ2) is 2.40. The zero-order chi connectivity index (χ0) is 5.82. The Morgan fingerprint density at radius 2 is 2.12 bits per heavy atom. The maximum atomic E-state index is 4.90. The van der Waals surface area contributed by atoms with Crippen molar-refractivity contribution >= 4 is 0 Å². The first kappa shape index (κ1) is 5.22. The lowest BCUT2D eigenvalue weighted by atomic mass is 10.4. The molecule has 0 amide bonds. The van der Waals surface area contributed by atoms with Gasteiger partial charge in [0.25, 0.3) is 0 Å². The predicted octanol–water partition coefficient (Wildman–Crippen LogP) is 1.22. The maximum Gasteiger partial charge on any atom is 0.125 e. The highest BCUT2D eigenvalue weighted by Crippen LogP contribution is 1.97. The predicted molar refractivity (Wildman–Crippen MR) is 29.6 cm³/mol. The number of rotatable bonds is 0. The van der Waals surface area contributed by atoms with Gasteiger partial charge in [-0.2, -0.15) is 0 Å². The minimum Gasteiger partial charge on any atom is -0.491 e. The monoisotopic (exact) mass is 111 g/mol. The van der Waals surface area contributed by atoms with E-state index in [0.717, 1.165) is 0 Å². The highest BCUT2D eigenvalue weighted by molar-refractivity contribution is 4.91. The Morgan fingerprint density at radius 1 is 1.25 bits per heavy atom. The Bertz CT molecular complexity index is 116. The van der Waals surface area contributed by atoms with Crippen molar-refractivity contribution in [1.82, 2.24) is 0 Å². The van der Waals surface area contributed by atoms with Crippen LogP contribution in [0.5, 0.6) is 0 Å². The molecule has 1 unspecified atom stereocenters. The van der Waals surface area contributed by atoms with Crippen LogP contribution < -0.4 is 0 Å². The molecule has 0 saturated carbocycles. The van der Waals surface area contributed by atoms with Crippen molar-refractivity contribution < 1.29 is 9.47 Å². The van der Waals surface area contributed by atoms with E-state index >= 15 is 0 Å². The van der Waals surface area contributed by atoms with Gasteiger partial charge in [-0.25, -0.2) is 0 Å². The van der Waals surface area contributed by atoms with Crippen LogP contribution in [-0.4, -0.2) is 6.10 Å². The van der Waals surface area contributed by atoms with Gasteiger partial charge in [0.1, 0.15) is 18.6 Å². The van der Waals surface area contributed by atoms with Gasteiger partial charge in [-0.05, 0) is 13.0 Å². The van der Waals surface area contributed by atoms with Crippen LogP contribution in [0.25, 0.3) is 0 Å². The quantitative estimate of drug-likeness (QED) is 0.468. The lowest BCUT2D eigenvalue weighted by Gasteiger charge is -1.99. The van der Waals surface area contributed by atoms with E-state index in [2.05, 4.69) is 6.92 Å². The van der Waals surface area contributed by atoms with Gasteiger partial charge in [-0.15, -0.1) is 0 Å². The first-order chi connectivity index (χ1) is 3.89. The van der Waals surface area contributed by atoms with Crippen molar-refractivity contribution in [2.45, 2.75) is 6.10 Å². The summed E-state index contributed by atoms with van der Waals surface area (Å²) < 4.78 is 9.64. The topological polar surface area (TPSA) is 18.5 Å². The summed E-state index contributed by atoms with van der Waals surface area (Å²) in [6.45, 7) is 3.62. The minimum atomic E-state index is -0.117.